The second-order valence-corrected chi connectivity index (χ2v) is 8.24. The first-order chi connectivity index (χ1) is 14.2. The van der Waals surface area contributed by atoms with Gasteiger partial charge in [0.15, 0.2) is 6.61 Å². The van der Waals surface area contributed by atoms with E-state index in [1.165, 1.54) is 0 Å². The van der Waals surface area contributed by atoms with Crippen molar-refractivity contribution in [1.29, 1.82) is 0 Å². The Labute approximate surface area is 175 Å². The minimum absolute atomic E-state index is 0.283. The molecule has 0 bridgehead atoms. The molecule has 0 radical (unpaired) electrons. The summed E-state index contributed by atoms with van der Waals surface area (Å²) in [6, 6.07) is 5.08. The first-order valence-corrected chi connectivity index (χ1v) is 10.1. The molecule has 0 aromatic heterocycles. The second kappa shape index (κ2) is 8.73. The number of benzene rings is 1. The number of ether oxygens (including phenoxy) is 1. The van der Waals surface area contributed by atoms with Crippen LogP contribution in [0.5, 0.6) is 5.75 Å². The van der Waals surface area contributed by atoms with Gasteiger partial charge in [-0.25, -0.2) is 4.79 Å². The number of aryl methyl sites for hydroxylation is 2. The van der Waals surface area contributed by atoms with Gasteiger partial charge in [-0.1, -0.05) is 19.1 Å². The Bertz CT molecular complexity index is 861. The Morgan fingerprint density at radius 1 is 1.17 bits per heavy atom. The maximum atomic E-state index is 12.7. The minimum Gasteiger partial charge on any atom is -0.483 e. The Morgan fingerprint density at radius 2 is 1.83 bits per heavy atom. The van der Waals surface area contributed by atoms with Crippen molar-refractivity contribution in [3.05, 3.63) is 29.3 Å². The molecule has 1 spiro atoms. The monoisotopic (exact) mass is 416 g/mol. The minimum atomic E-state index is -0.896. The Morgan fingerprint density at radius 3 is 2.53 bits per heavy atom. The van der Waals surface area contributed by atoms with Gasteiger partial charge in [0.1, 0.15) is 17.8 Å². The van der Waals surface area contributed by atoms with E-state index in [2.05, 4.69) is 23.1 Å². The lowest BCUT2D eigenvalue weighted by Gasteiger charge is -2.33. The fraction of sp³-hybridized carbons (Fsp3) is 0.524. The quantitative estimate of drug-likeness (QED) is 0.495. The van der Waals surface area contributed by atoms with Crippen molar-refractivity contribution in [2.75, 3.05) is 13.2 Å². The maximum absolute atomic E-state index is 12.7. The van der Waals surface area contributed by atoms with Gasteiger partial charge in [-0.05, 0) is 62.6 Å². The lowest BCUT2D eigenvalue weighted by molar-refractivity contribution is -0.137. The molecule has 5 amide bonds. The van der Waals surface area contributed by atoms with Crippen molar-refractivity contribution in [2.24, 2.45) is 5.92 Å². The predicted molar refractivity (Wildman–Crippen MR) is 108 cm³/mol. The predicted octanol–water partition coefficient (Wildman–Crippen LogP) is 1.33. The van der Waals surface area contributed by atoms with E-state index >= 15 is 0 Å². The lowest BCUT2D eigenvalue weighted by Crippen LogP contribution is -2.51. The highest BCUT2D eigenvalue weighted by atomic mass is 16.5. The van der Waals surface area contributed by atoms with Crippen LogP contribution >= 0.6 is 0 Å². The van der Waals surface area contributed by atoms with E-state index in [1.807, 2.05) is 32.0 Å². The van der Waals surface area contributed by atoms with Gasteiger partial charge in [-0.15, -0.1) is 0 Å². The largest absolute Gasteiger partial charge is 0.483 e. The molecule has 1 saturated heterocycles. The van der Waals surface area contributed by atoms with E-state index < -0.39 is 29.9 Å². The van der Waals surface area contributed by atoms with Gasteiger partial charge < -0.3 is 10.1 Å². The van der Waals surface area contributed by atoms with Gasteiger partial charge in [0.2, 0.25) is 0 Å². The number of urea groups is 1. The van der Waals surface area contributed by atoms with E-state index in [0.717, 1.165) is 28.9 Å². The van der Waals surface area contributed by atoms with Gasteiger partial charge in [0.25, 0.3) is 17.7 Å². The van der Waals surface area contributed by atoms with Crippen LogP contribution in [0.15, 0.2) is 18.2 Å². The van der Waals surface area contributed by atoms with Crippen LogP contribution in [-0.4, -0.2) is 47.3 Å². The Balaban J connectivity index is 1.46. The number of hydrogen-bond donors (Lipinski definition) is 3. The number of rotatable bonds is 5. The Hall–Kier alpha value is -3.10. The number of hydrogen-bond acceptors (Lipinski definition) is 5. The zero-order valence-corrected chi connectivity index (χ0v) is 17.5. The summed E-state index contributed by atoms with van der Waals surface area (Å²) < 4.78 is 5.47. The van der Waals surface area contributed by atoms with E-state index in [9.17, 15) is 19.2 Å². The highest BCUT2D eigenvalue weighted by Crippen LogP contribution is 2.36. The summed E-state index contributed by atoms with van der Waals surface area (Å²) >= 11 is 0. The van der Waals surface area contributed by atoms with Crippen molar-refractivity contribution < 1.29 is 23.9 Å². The van der Waals surface area contributed by atoms with E-state index in [0.29, 0.717) is 24.5 Å². The van der Waals surface area contributed by atoms with E-state index in [1.54, 1.807) is 0 Å². The summed E-state index contributed by atoms with van der Waals surface area (Å²) in [5, 5.41) is 2.76. The van der Waals surface area contributed by atoms with Crippen molar-refractivity contribution in [3.63, 3.8) is 0 Å². The highest BCUT2D eigenvalue weighted by molar-refractivity contribution is 6.09. The van der Waals surface area contributed by atoms with Gasteiger partial charge in [0.05, 0.1) is 0 Å². The number of amides is 5. The van der Waals surface area contributed by atoms with Crippen LogP contribution in [-0.2, 0) is 14.4 Å². The van der Waals surface area contributed by atoms with Crippen molar-refractivity contribution >= 4 is 23.8 Å². The summed E-state index contributed by atoms with van der Waals surface area (Å²) in [5.74, 6) is -0.500. The molecule has 1 heterocycles. The van der Waals surface area contributed by atoms with E-state index in [-0.39, 0.29) is 12.5 Å². The summed E-state index contributed by atoms with van der Waals surface area (Å²) in [7, 11) is 0. The SMILES string of the molecule is Cc1ccc(C)c(OCC(=O)NNC(=O)CN2C(=O)NC3(CCC(C)CC3)C2=O)c1. The number of imide groups is 1. The van der Waals surface area contributed by atoms with Crippen LogP contribution < -0.4 is 20.9 Å². The normalized spacial score (nSPS) is 23.3. The van der Waals surface area contributed by atoms with Gasteiger partial charge in [0, 0.05) is 0 Å². The molecule has 9 heteroatoms. The summed E-state index contributed by atoms with van der Waals surface area (Å²) in [5.41, 5.74) is 5.45. The molecular formula is C21H28N4O5. The highest BCUT2D eigenvalue weighted by Gasteiger charge is 2.52. The average molecular weight is 416 g/mol. The average Bonchev–Trinajstić information content (AvgIpc) is 2.93. The molecule has 2 fully saturated rings. The molecule has 9 nitrogen and oxygen atoms in total. The third-order valence-corrected chi connectivity index (χ3v) is 5.72. The van der Waals surface area contributed by atoms with Crippen LogP contribution in [0.2, 0.25) is 0 Å². The number of hydrazine groups is 1. The number of carbonyl (C=O) groups excluding carboxylic acids is 4. The number of nitrogens with one attached hydrogen (secondary N) is 3. The van der Waals surface area contributed by atoms with Crippen LogP contribution in [0, 0.1) is 19.8 Å². The number of carbonyl (C=O) groups is 4. The number of nitrogens with zero attached hydrogens (tertiary/aromatic N) is 1. The molecular weight excluding hydrogens is 388 g/mol. The summed E-state index contributed by atoms with van der Waals surface area (Å²) in [6.45, 7) is 5.16. The molecule has 1 aliphatic carbocycles. The van der Waals surface area contributed by atoms with Gasteiger partial charge in [-0.3, -0.25) is 30.1 Å². The fourth-order valence-electron chi connectivity index (χ4n) is 3.78. The third kappa shape index (κ3) is 4.72. The first kappa shape index (κ1) is 21.6. The van der Waals surface area contributed by atoms with Gasteiger partial charge in [-0.2, -0.15) is 0 Å². The molecule has 3 rings (SSSR count). The molecule has 2 aliphatic rings. The molecule has 30 heavy (non-hydrogen) atoms. The fourth-order valence-corrected chi connectivity index (χ4v) is 3.78. The van der Waals surface area contributed by atoms with Gasteiger partial charge >= 0.3 is 6.03 Å². The van der Waals surface area contributed by atoms with Crippen molar-refractivity contribution in [2.45, 2.75) is 52.0 Å². The molecule has 1 aromatic carbocycles. The third-order valence-electron chi connectivity index (χ3n) is 5.72. The zero-order chi connectivity index (χ0) is 21.9. The van der Waals surface area contributed by atoms with Crippen LogP contribution in [0.25, 0.3) is 0 Å². The van der Waals surface area contributed by atoms with E-state index in [4.69, 9.17) is 4.74 Å². The molecule has 0 atom stereocenters. The summed E-state index contributed by atoms with van der Waals surface area (Å²) in [6.07, 6.45) is 2.84. The Kier molecular flexibility index (Phi) is 6.28. The zero-order valence-electron chi connectivity index (χ0n) is 17.5. The van der Waals surface area contributed by atoms with Crippen LogP contribution in [0.3, 0.4) is 0 Å². The molecule has 3 N–H and O–H groups in total. The van der Waals surface area contributed by atoms with Crippen molar-refractivity contribution in [1.82, 2.24) is 21.1 Å². The molecule has 1 saturated carbocycles. The molecule has 1 aliphatic heterocycles. The molecule has 1 aromatic rings. The summed E-state index contributed by atoms with van der Waals surface area (Å²) in [4.78, 5) is 50.0. The molecule has 0 unspecified atom stereocenters. The second-order valence-electron chi connectivity index (χ2n) is 8.24. The smallest absolute Gasteiger partial charge is 0.325 e. The lowest BCUT2D eigenvalue weighted by atomic mass is 9.77. The first-order valence-electron chi connectivity index (χ1n) is 10.1. The topological polar surface area (TPSA) is 117 Å². The standard InChI is InChI=1S/C21H28N4O5/c1-13-6-8-21(9-7-13)19(28)25(20(29)22-21)11-17(26)23-24-18(27)12-30-16-10-14(2)4-5-15(16)3/h4-5,10,13H,6-9,11-12H2,1-3H3,(H,22,29)(H,23,26)(H,24,27). The van der Waals surface area contributed by atoms with Crippen LogP contribution in [0.4, 0.5) is 4.79 Å². The van der Waals surface area contributed by atoms with Crippen LogP contribution in [0.1, 0.15) is 43.7 Å². The maximum Gasteiger partial charge on any atom is 0.325 e. The molecule has 162 valence electrons. The van der Waals surface area contributed by atoms with Crippen molar-refractivity contribution in [3.8, 4) is 5.75 Å².